The number of anilines is 1. The Labute approximate surface area is 184 Å². The zero-order chi connectivity index (χ0) is 21.7. The first-order chi connectivity index (χ1) is 14.5. The van der Waals surface area contributed by atoms with Gasteiger partial charge in [-0.15, -0.1) is 0 Å². The number of rotatable bonds is 9. The molecular weight excluding hydrogens is 424 g/mol. The van der Waals surface area contributed by atoms with Gasteiger partial charge in [-0.3, -0.25) is 18.9 Å². The van der Waals surface area contributed by atoms with Gasteiger partial charge in [-0.1, -0.05) is 30.0 Å². The molecule has 10 heteroatoms. The summed E-state index contributed by atoms with van der Waals surface area (Å²) in [6.07, 6.45) is 3.93. The Kier molecular flexibility index (Phi) is 7.59. The summed E-state index contributed by atoms with van der Waals surface area (Å²) in [7, 11) is 3.22. The highest BCUT2D eigenvalue weighted by Crippen LogP contribution is 2.33. The number of nitrogens with one attached hydrogen (secondary N) is 1. The lowest BCUT2D eigenvalue weighted by molar-refractivity contribution is -0.122. The van der Waals surface area contributed by atoms with Crippen LogP contribution in [0.15, 0.2) is 28.0 Å². The molecule has 2 aromatic rings. The second-order valence-electron chi connectivity index (χ2n) is 6.66. The minimum Gasteiger partial charge on any atom is -0.385 e. The summed E-state index contributed by atoms with van der Waals surface area (Å²) in [5.41, 5.74) is 1.49. The van der Waals surface area contributed by atoms with Gasteiger partial charge >= 0.3 is 0 Å². The second kappa shape index (κ2) is 10.2. The quantitative estimate of drug-likeness (QED) is 0.355. The zero-order valence-electron chi connectivity index (χ0n) is 17.1. The first-order valence-electron chi connectivity index (χ1n) is 9.47. The summed E-state index contributed by atoms with van der Waals surface area (Å²) >= 11 is 6.55. The van der Waals surface area contributed by atoms with Crippen LogP contribution in [0.4, 0.5) is 5.82 Å². The molecule has 0 atom stereocenters. The van der Waals surface area contributed by atoms with Gasteiger partial charge in [0.2, 0.25) is 0 Å². The molecule has 1 N–H and O–H groups in total. The number of aromatic nitrogens is 2. The van der Waals surface area contributed by atoms with Gasteiger partial charge in [-0.25, -0.2) is 4.98 Å². The number of thioether (sulfide) groups is 1. The standard InChI is InChI=1S/C20H24N4O4S2/c1-13-6-4-8-23-17(13)22-16(21-7-11-28-3)14(18(23)25)12-15-19(26)24(20(29)30-15)9-5-10-27-2/h4,6,8,12,21H,5,7,9-11H2,1-3H3/b15-12+. The first kappa shape index (κ1) is 22.4. The van der Waals surface area contributed by atoms with E-state index in [-0.39, 0.29) is 11.5 Å². The number of nitrogens with zero attached hydrogens (tertiary/aromatic N) is 3. The molecule has 160 valence electrons. The van der Waals surface area contributed by atoms with Crippen molar-refractivity contribution in [2.24, 2.45) is 0 Å². The van der Waals surface area contributed by atoms with Crippen molar-refractivity contribution >= 4 is 51.7 Å². The summed E-state index contributed by atoms with van der Waals surface area (Å²) < 4.78 is 12.1. The summed E-state index contributed by atoms with van der Waals surface area (Å²) in [4.78, 5) is 32.7. The molecule has 2 aromatic heterocycles. The Morgan fingerprint density at radius 2 is 2.03 bits per heavy atom. The normalized spacial score (nSPS) is 15.6. The van der Waals surface area contributed by atoms with Crippen molar-refractivity contribution < 1.29 is 14.3 Å². The van der Waals surface area contributed by atoms with E-state index in [9.17, 15) is 9.59 Å². The average molecular weight is 449 g/mol. The molecule has 0 unspecified atom stereocenters. The van der Waals surface area contributed by atoms with Crippen LogP contribution >= 0.6 is 24.0 Å². The molecule has 0 aromatic carbocycles. The van der Waals surface area contributed by atoms with E-state index >= 15 is 0 Å². The highest BCUT2D eigenvalue weighted by Gasteiger charge is 2.32. The van der Waals surface area contributed by atoms with E-state index in [4.69, 9.17) is 21.7 Å². The summed E-state index contributed by atoms with van der Waals surface area (Å²) in [6, 6.07) is 3.69. The van der Waals surface area contributed by atoms with Crippen LogP contribution in [0.25, 0.3) is 11.7 Å². The molecule has 30 heavy (non-hydrogen) atoms. The zero-order valence-corrected chi connectivity index (χ0v) is 18.8. The Morgan fingerprint density at radius 3 is 2.77 bits per heavy atom. The van der Waals surface area contributed by atoms with E-state index < -0.39 is 0 Å². The lowest BCUT2D eigenvalue weighted by atomic mass is 10.2. The minimum absolute atomic E-state index is 0.210. The van der Waals surface area contributed by atoms with Crippen LogP contribution in [0.5, 0.6) is 0 Å². The number of thiocarbonyl (C=S) groups is 1. The van der Waals surface area contributed by atoms with Crippen LogP contribution in [0, 0.1) is 6.92 Å². The number of hydrogen-bond acceptors (Lipinski definition) is 8. The molecule has 1 fully saturated rings. The maximum Gasteiger partial charge on any atom is 0.267 e. The SMILES string of the molecule is COCCCN1C(=O)/C(=C\c2c(NCCOC)nc3c(C)cccn3c2=O)SC1=S. The summed E-state index contributed by atoms with van der Waals surface area (Å²) in [6.45, 7) is 3.84. The molecular formula is C20H24N4O4S2. The third-order valence-corrected chi connectivity index (χ3v) is 5.94. The van der Waals surface area contributed by atoms with Gasteiger partial charge in [0.25, 0.3) is 11.5 Å². The van der Waals surface area contributed by atoms with Crippen LogP contribution < -0.4 is 10.9 Å². The number of amides is 1. The number of aryl methyl sites for hydroxylation is 1. The van der Waals surface area contributed by atoms with Crippen LogP contribution in [-0.2, 0) is 14.3 Å². The van der Waals surface area contributed by atoms with Gasteiger partial charge < -0.3 is 14.8 Å². The monoisotopic (exact) mass is 448 g/mol. The summed E-state index contributed by atoms with van der Waals surface area (Å²) in [5, 5.41) is 3.15. The second-order valence-corrected chi connectivity index (χ2v) is 8.34. The van der Waals surface area contributed by atoms with Crippen molar-refractivity contribution in [2.45, 2.75) is 13.3 Å². The highest BCUT2D eigenvalue weighted by molar-refractivity contribution is 8.26. The molecule has 0 aliphatic carbocycles. The van der Waals surface area contributed by atoms with Crippen molar-refractivity contribution in [2.75, 3.05) is 45.8 Å². The predicted octanol–water partition coefficient (Wildman–Crippen LogP) is 2.30. The van der Waals surface area contributed by atoms with E-state index in [1.54, 1.807) is 37.5 Å². The van der Waals surface area contributed by atoms with E-state index in [0.717, 1.165) is 5.56 Å². The third kappa shape index (κ3) is 4.72. The fourth-order valence-electron chi connectivity index (χ4n) is 3.04. The lowest BCUT2D eigenvalue weighted by Crippen LogP contribution is -2.29. The van der Waals surface area contributed by atoms with Crippen LogP contribution in [0.1, 0.15) is 17.5 Å². The van der Waals surface area contributed by atoms with E-state index in [0.29, 0.717) is 59.0 Å². The van der Waals surface area contributed by atoms with Crippen LogP contribution in [0.3, 0.4) is 0 Å². The van der Waals surface area contributed by atoms with Gasteiger partial charge in [0.15, 0.2) is 0 Å². The molecule has 1 aliphatic rings. The predicted molar refractivity (Wildman–Crippen MR) is 123 cm³/mol. The van der Waals surface area contributed by atoms with Gasteiger partial charge in [0.05, 0.1) is 17.1 Å². The van der Waals surface area contributed by atoms with Crippen molar-refractivity contribution in [1.29, 1.82) is 0 Å². The molecule has 0 spiro atoms. The average Bonchev–Trinajstić information content (AvgIpc) is 2.99. The summed E-state index contributed by atoms with van der Waals surface area (Å²) in [5.74, 6) is 0.202. The van der Waals surface area contributed by atoms with Gasteiger partial charge in [-0.2, -0.15) is 0 Å². The largest absolute Gasteiger partial charge is 0.385 e. The fourth-order valence-corrected chi connectivity index (χ4v) is 4.33. The van der Waals surface area contributed by atoms with Crippen LogP contribution in [0.2, 0.25) is 0 Å². The Bertz CT molecular complexity index is 1050. The fraction of sp³-hybridized carbons (Fsp3) is 0.400. The molecule has 1 saturated heterocycles. The number of hydrogen-bond donors (Lipinski definition) is 1. The van der Waals surface area contributed by atoms with Crippen molar-refractivity contribution in [3.05, 3.63) is 44.7 Å². The van der Waals surface area contributed by atoms with Crippen molar-refractivity contribution in [1.82, 2.24) is 14.3 Å². The Morgan fingerprint density at radius 1 is 1.27 bits per heavy atom. The third-order valence-electron chi connectivity index (χ3n) is 4.56. The van der Waals surface area contributed by atoms with Gasteiger partial charge in [-0.05, 0) is 31.1 Å². The molecule has 8 nitrogen and oxygen atoms in total. The lowest BCUT2D eigenvalue weighted by Gasteiger charge is -2.14. The maximum absolute atomic E-state index is 13.2. The number of carbonyl (C=O) groups excluding carboxylic acids is 1. The topological polar surface area (TPSA) is 85.2 Å². The number of fused-ring (bicyclic) bond motifs is 1. The Hall–Kier alpha value is -2.27. The van der Waals surface area contributed by atoms with Gasteiger partial charge in [0, 0.05) is 40.1 Å². The molecule has 0 radical (unpaired) electrons. The maximum atomic E-state index is 13.2. The van der Waals surface area contributed by atoms with Crippen molar-refractivity contribution in [3.63, 3.8) is 0 Å². The number of carbonyl (C=O) groups is 1. The van der Waals surface area contributed by atoms with Crippen LogP contribution in [-0.4, -0.2) is 65.0 Å². The number of methoxy groups -OCH3 is 2. The van der Waals surface area contributed by atoms with E-state index in [2.05, 4.69) is 10.3 Å². The smallest absolute Gasteiger partial charge is 0.267 e. The Balaban J connectivity index is 2.02. The molecule has 0 bridgehead atoms. The molecule has 3 rings (SSSR count). The number of pyridine rings is 1. The van der Waals surface area contributed by atoms with E-state index in [1.807, 2.05) is 13.0 Å². The number of ether oxygens (including phenoxy) is 2. The highest BCUT2D eigenvalue weighted by atomic mass is 32.2. The first-order valence-corrected chi connectivity index (χ1v) is 10.7. The molecule has 3 heterocycles. The minimum atomic E-state index is -0.256. The molecule has 1 aliphatic heterocycles. The molecule has 0 saturated carbocycles. The molecule has 1 amide bonds. The van der Waals surface area contributed by atoms with E-state index in [1.165, 1.54) is 16.2 Å². The van der Waals surface area contributed by atoms with Gasteiger partial charge in [0.1, 0.15) is 15.8 Å². The van der Waals surface area contributed by atoms with Crippen molar-refractivity contribution in [3.8, 4) is 0 Å².